The lowest BCUT2D eigenvalue weighted by molar-refractivity contribution is 0.105. The molecule has 1 fully saturated rings. The largest absolute Gasteiger partial charge is 0.370 e. The number of aryl methyl sites for hydroxylation is 1. The number of hydrogen-bond acceptors (Lipinski definition) is 3. The first-order valence-corrected chi connectivity index (χ1v) is 5.00. The average Bonchev–Trinajstić information content (AvgIpc) is 2.71. The third kappa shape index (κ3) is 1.66. The van der Waals surface area contributed by atoms with Crippen molar-refractivity contribution < 1.29 is 4.74 Å². The van der Waals surface area contributed by atoms with E-state index < -0.39 is 0 Å². The van der Waals surface area contributed by atoms with Crippen LogP contribution in [0.2, 0.25) is 0 Å². The van der Waals surface area contributed by atoms with Gasteiger partial charge in [-0.05, 0) is 32.0 Å². The van der Waals surface area contributed by atoms with Crippen LogP contribution in [0.4, 0.5) is 0 Å². The Kier molecular flexibility index (Phi) is 2.46. The molecule has 0 amide bonds. The second kappa shape index (κ2) is 3.59. The molecule has 1 aliphatic rings. The molecule has 0 saturated carbocycles. The summed E-state index contributed by atoms with van der Waals surface area (Å²) < 4.78 is 7.97. The number of nitrogens with zero attached hydrogens (tertiary/aromatic N) is 2. The molecular weight excluding hydrogens is 186 g/mol. The van der Waals surface area contributed by atoms with Crippen LogP contribution in [0.1, 0.15) is 31.7 Å². The van der Waals surface area contributed by atoms with E-state index in [1.165, 1.54) is 0 Å². The number of aromatic nitrogens is 3. The number of ether oxygens (including phenoxy) is 1. The van der Waals surface area contributed by atoms with Crippen LogP contribution < -0.4 is 0 Å². The van der Waals surface area contributed by atoms with Crippen molar-refractivity contribution in [3.05, 3.63) is 10.6 Å². The van der Waals surface area contributed by atoms with Gasteiger partial charge >= 0.3 is 0 Å². The first-order valence-electron chi connectivity index (χ1n) is 4.59. The van der Waals surface area contributed by atoms with Crippen LogP contribution in [0.25, 0.3) is 0 Å². The van der Waals surface area contributed by atoms with Gasteiger partial charge in [0.05, 0.1) is 0 Å². The summed E-state index contributed by atoms with van der Waals surface area (Å²) in [6, 6.07) is 0. The molecule has 1 saturated heterocycles. The van der Waals surface area contributed by atoms with Crippen LogP contribution in [-0.4, -0.2) is 21.4 Å². The molecule has 1 N–H and O–H groups in total. The lowest BCUT2D eigenvalue weighted by Crippen LogP contribution is -2.01. The first kappa shape index (κ1) is 8.90. The Morgan fingerprint density at radius 1 is 1.77 bits per heavy atom. The zero-order chi connectivity index (χ0) is 9.26. The van der Waals surface area contributed by atoms with Crippen LogP contribution >= 0.6 is 12.2 Å². The third-order valence-electron chi connectivity index (χ3n) is 2.25. The summed E-state index contributed by atoms with van der Waals surface area (Å²) in [4.78, 5) is 4.26. The number of hydrogen-bond donors (Lipinski definition) is 1. The Labute approximate surface area is 81.9 Å². The fourth-order valence-electron chi connectivity index (χ4n) is 1.53. The van der Waals surface area contributed by atoms with Gasteiger partial charge in [-0.1, -0.05) is 0 Å². The molecule has 2 rings (SSSR count). The Hall–Kier alpha value is -0.680. The third-order valence-corrected chi connectivity index (χ3v) is 2.56. The minimum Gasteiger partial charge on any atom is -0.370 e. The summed E-state index contributed by atoms with van der Waals surface area (Å²) in [7, 11) is 0. The Morgan fingerprint density at radius 2 is 2.62 bits per heavy atom. The minimum absolute atomic E-state index is 0.134. The maximum Gasteiger partial charge on any atom is 0.216 e. The zero-order valence-corrected chi connectivity index (χ0v) is 8.43. The van der Waals surface area contributed by atoms with Crippen molar-refractivity contribution in [1.29, 1.82) is 0 Å². The van der Waals surface area contributed by atoms with Gasteiger partial charge in [0.25, 0.3) is 0 Å². The highest BCUT2D eigenvalue weighted by molar-refractivity contribution is 7.71. The van der Waals surface area contributed by atoms with E-state index in [4.69, 9.17) is 17.0 Å². The lowest BCUT2D eigenvalue weighted by atomic mass is 10.2. The summed E-state index contributed by atoms with van der Waals surface area (Å²) in [5.41, 5.74) is 0. The summed E-state index contributed by atoms with van der Waals surface area (Å²) in [6.07, 6.45) is 2.30. The Bertz CT molecular complexity index is 337. The van der Waals surface area contributed by atoms with Crippen molar-refractivity contribution in [3.8, 4) is 0 Å². The number of rotatable bonds is 2. The molecule has 1 aromatic heterocycles. The van der Waals surface area contributed by atoms with Gasteiger partial charge < -0.3 is 4.74 Å². The number of aromatic amines is 1. The Balaban J connectivity index is 2.25. The number of H-pyrrole nitrogens is 1. The maximum absolute atomic E-state index is 5.50. The van der Waals surface area contributed by atoms with Gasteiger partial charge in [0.15, 0.2) is 5.82 Å². The van der Waals surface area contributed by atoms with Crippen LogP contribution in [-0.2, 0) is 11.3 Å². The predicted molar refractivity (Wildman–Crippen MR) is 51.0 cm³/mol. The summed E-state index contributed by atoms with van der Waals surface area (Å²) in [5.74, 6) is 0.879. The highest BCUT2D eigenvalue weighted by Gasteiger charge is 2.20. The first-order chi connectivity index (χ1) is 6.31. The lowest BCUT2D eigenvalue weighted by Gasteiger charge is -2.03. The van der Waals surface area contributed by atoms with E-state index >= 15 is 0 Å². The molecule has 0 aromatic carbocycles. The van der Waals surface area contributed by atoms with Crippen molar-refractivity contribution in [2.75, 3.05) is 6.61 Å². The molecule has 0 bridgehead atoms. The molecule has 0 aliphatic carbocycles. The van der Waals surface area contributed by atoms with Gasteiger partial charge in [-0.25, -0.2) is 4.98 Å². The van der Waals surface area contributed by atoms with Gasteiger partial charge in [0.1, 0.15) is 6.10 Å². The van der Waals surface area contributed by atoms with Gasteiger partial charge in [-0.15, -0.1) is 0 Å². The molecule has 13 heavy (non-hydrogen) atoms. The fourth-order valence-corrected chi connectivity index (χ4v) is 1.80. The van der Waals surface area contributed by atoms with E-state index in [1.807, 2.05) is 11.6 Å². The van der Waals surface area contributed by atoms with Crippen molar-refractivity contribution in [3.63, 3.8) is 0 Å². The van der Waals surface area contributed by atoms with E-state index in [2.05, 4.69) is 10.1 Å². The molecule has 4 nitrogen and oxygen atoms in total. The molecule has 0 spiro atoms. The zero-order valence-electron chi connectivity index (χ0n) is 7.62. The Morgan fingerprint density at radius 3 is 3.15 bits per heavy atom. The SMILES string of the molecule is CCn1[nH]c(C2CCCO2)nc1=S. The molecule has 0 radical (unpaired) electrons. The normalized spacial score (nSPS) is 22.4. The maximum atomic E-state index is 5.50. The summed E-state index contributed by atoms with van der Waals surface area (Å²) in [6.45, 7) is 3.70. The van der Waals surface area contributed by atoms with Gasteiger partial charge in [-0.2, -0.15) is 0 Å². The van der Waals surface area contributed by atoms with E-state index in [-0.39, 0.29) is 6.10 Å². The fraction of sp³-hybridized carbons (Fsp3) is 0.750. The molecule has 1 aromatic rings. The van der Waals surface area contributed by atoms with Gasteiger partial charge in [0, 0.05) is 13.2 Å². The predicted octanol–water partition coefficient (Wildman–Crippen LogP) is 1.81. The second-order valence-electron chi connectivity index (χ2n) is 3.14. The molecule has 5 heteroatoms. The molecular formula is C8H13N3OS. The molecule has 2 heterocycles. The molecule has 1 unspecified atom stereocenters. The molecule has 1 aliphatic heterocycles. The standard InChI is InChI=1S/C8H13N3OS/c1-2-11-8(13)9-7(10-11)6-4-3-5-12-6/h6H,2-5H2,1H3,(H,9,10,13). The number of nitrogens with one attached hydrogen (secondary N) is 1. The highest BCUT2D eigenvalue weighted by atomic mass is 32.1. The van der Waals surface area contributed by atoms with E-state index in [0.29, 0.717) is 4.77 Å². The quantitative estimate of drug-likeness (QED) is 0.739. The molecule has 72 valence electrons. The van der Waals surface area contributed by atoms with E-state index in [9.17, 15) is 0 Å². The highest BCUT2D eigenvalue weighted by Crippen LogP contribution is 2.25. The molecule has 1 atom stereocenters. The van der Waals surface area contributed by atoms with Crippen LogP contribution in [0, 0.1) is 4.77 Å². The topological polar surface area (TPSA) is 42.8 Å². The van der Waals surface area contributed by atoms with E-state index in [1.54, 1.807) is 0 Å². The minimum atomic E-state index is 0.134. The summed E-state index contributed by atoms with van der Waals surface area (Å²) >= 11 is 5.07. The average molecular weight is 199 g/mol. The van der Waals surface area contributed by atoms with Crippen molar-refractivity contribution >= 4 is 12.2 Å². The summed E-state index contributed by atoms with van der Waals surface area (Å²) in [5, 5.41) is 3.15. The van der Waals surface area contributed by atoms with Crippen LogP contribution in [0.3, 0.4) is 0 Å². The van der Waals surface area contributed by atoms with Crippen molar-refractivity contribution in [2.45, 2.75) is 32.4 Å². The smallest absolute Gasteiger partial charge is 0.216 e. The van der Waals surface area contributed by atoms with Crippen molar-refractivity contribution in [2.24, 2.45) is 0 Å². The van der Waals surface area contributed by atoms with Crippen LogP contribution in [0.5, 0.6) is 0 Å². The van der Waals surface area contributed by atoms with Gasteiger partial charge in [-0.3, -0.25) is 9.78 Å². The second-order valence-corrected chi connectivity index (χ2v) is 3.50. The monoisotopic (exact) mass is 199 g/mol. The van der Waals surface area contributed by atoms with Crippen LogP contribution in [0.15, 0.2) is 0 Å². The van der Waals surface area contributed by atoms with E-state index in [0.717, 1.165) is 31.8 Å². The van der Waals surface area contributed by atoms with Crippen molar-refractivity contribution in [1.82, 2.24) is 14.8 Å². The van der Waals surface area contributed by atoms with Gasteiger partial charge in [0.2, 0.25) is 4.77 Å².